The maximum Gasteiger partial charge on any atom is 0.221 e. The molecule has 0 aliphatic carbocycles. The highest BCUT2D eigenvalue weighted by Crippen LogP contribution is 2.27. The van der Waals surface area contributed by atoms with Gasteiger partial charge in [-0.15, -0.1) is 0 Å². The van der Waals surface area contributed by atoms with Gasteiger partial charge in [-0.25, -0.2) is 4.68 Å². The molecule has 0 amide bonds. The van der Waals surface area contributed by atoms with Crippen molar-refractivity contribution in [3.05, 3.63) is 35.9 Å². The SMILES string of the molecule is CCc1nc2n(n1)C(c1ccncc1)CCN2. The van der Waals surface area contributed by atoms with E-state index in [1.54, 1.807) is 0 Å². The summed E-state index contributed by atoms with van der Waals surface area (Å²) in [5.74, 6) is 1.78. The van der Waals surface area contributed by atoms with Crippen LogP contribution in [0.3, 0.4) is 0 Å². The second kappa shape index (κ2) is 4.16. The van der Waals surface area contributed by atoms with Crippen LogP contribution in [0.25, 0.3) is 0 Å². The second-order valence-corrected chi connectivity index (χ2v) is 4.16. The largest absolute Gasteiger partial charge is 0.354 e. The number of nitrogens with one attached hydrogen (secondary N) is 1. The summed E-state index contributed by atoms with van der Waals surface area (Å²) in [6, 6.07) is 4.38. The zero-order valence-corrected chi connectivity index (χ0v) is 9.80. The molecule has 0 saturated carbocycles. The number of nitrogens with zero attached hydrogens (tertiary/aromatic N) is 4. The Morgan fingerprint density at radius 3 is 3.00 bits per heavy atom. The Morgan fingerprint density at radius 1 is 1.41 bits per heavy atom. The number of fused-ring (bicyclic) bond motifs is 1. The van der Waals surface area contributed by atoms with Gasteiger partial charge in [-0.05, 0) is 24.1 Å². The highest BCUT2D eigenvalue weighted by Gasteiger charge is 2.23. The molecule has 1 N–H and O–H groups in total. The molecule has 1 aliphatic heterocycles. The molecule has 5 nitrogen and oxygen atoms in total. The van der Waals surface area contributed by atoms with Crippen molar-refractivity contribution in [3.63, 3.8) is 0 Å². The van der Waals surface area contributed by atoms with Gasteiger partial charge in [-0.2, -0.15) is 10.1 Å². The molecule has 0 aromatic carbocycles. The van der Waals surface area contributed by atoms with Gasteiger partial charge < -0.3 is 5.32 Å². The summed E-state index contributed by atoms with van der Waals surface area (Å²) in [6.45, 7) is 3.01. The summed E-state index contributed by atoms with van der Waals surface area (Å²) in [7, 11) is 0. The van der Waals surface area contributed by atoms with Gasteiger partial charge in [0.15, 0.2) is 5.82 Å². The fraction of sp³-hybridized carbons (Fsp3) is 0.417. The third-order valence-electron chi connectivity index (χ3n) is 3.08. The molecule has 0 saturated heterocycles. The van der Waals surface area contributed by atoms with Crippen molar-refractivity contribution in [2.45, 2.75) is 25.8 Å². The average molecular weight is 229 g/mol. The molecule has 0 bridgehead atoms. The van der Waals surface area contributed by atoms with Gasteiger partial charge in [0, 0.05) is 25.4 Å². The first-order chi connectivity index (χ1) is 8.38. The third-order valence-corrected chi connectivity index (χ3v) is 3.08. The molecule has 2 aromatic heterocycles. The van der Waals surface area contributed by atoms with Crippen LogP contribution in [0, 0.1) is 0 Å². The molecule has 5 heteroatoms. The third kappa shape index (κ3) is 1.77. The highest BCUT2D eigenvalue weighted by atomic mass is 15.4. The molecule has 88 valence electrons. The smallest absolute Gasteiger partial charge is 0.221 e. The molecule has 1 atom stereocenters. The zero-order valence-electron chi connectivity index (χ0n) is 9.80. The second-order valence-electron chi connectivity index (χ2n) is 4.16. The fourth-order valence-electron chi connectivity index (χ4n) is 2.19. The fourth-order valence-corrected chi connectivity index (χ4v) is 2.19. The van der Waals surface area contributed by atoms with Crippen LogP contribution >= 0.6 is 0 Å². The summed E-state index contributed by atoms with van der Waals surface area (Å²) in [6.07, 6.45) is 5.55. The van der Waals surface area contributed by atoms with Crippen LogP contribution in [-0.4, -0.2) is 26.3 Å². The van der Waals surface area contributed by atoms with Gasteiger partial charge in [0.05, 0.1) is 6.04 Å². The lowest BCUT2D eigenvalue weighted by Crippen LogP contribution is -2.24. The predicted octanol–water partition coefficient (Wildman–Crippen LogP) is 1.64. The van der Waals surface area contributed by atoms with E-state index in [2.05, 4.69) is 27.3 Å². The first-order valence-electron chi connectivity index (χ1n) is 5.97. The number of aromatic nitrogens is 4. The average Bonchev–Trinajstić information content (AvgIpc) is 2.82. The van der Waals surface area contributed by atoms with Crippen molar-refractivity contribution in [2.75, 3.05) is 11.9 Å². The Labute approximate surface area is 99.9 Å². The van der Waals surface area contributed by atoms with E-state index in [1.807, 2.05) is 29.2 Å². The number of hydrogen-bond acceptors (Lipinski definition) is 4. The number of aryl methyl sites for hydroxylation is 1. The molecule has 1 unspecified atom stereocenters. The van der Waals surface area contributed by atoms with Crippen molar-refractivity contribution in [1.82, 2.24) is 19.7 Å². The molecule has 0 fully saturated rings. The monoisotopic (exact) mass is 229 g/mol. The van der Waals surface area contributed by atoms with Crippen LogP contribution in [0.5, 0.6) is 0 Å². The van der Waals surface area contributed by atoms with E-state index < -0.39 is 0 Å². The molecule has 1 aliphatic rings. The van der Waals surface area contributed by atoms with E-state index in [0.29, 0.717) is 0 Å². The van der Waals surface area contributed by atoms with Crippen LogP contribution in [0.15, 0.2) is 24.5 Å². The Kier molecular flexibility index (Phi) is 2.51. The van der Waals surface area contributed by atoms with Crippen LogP contribution < -0.4 is 5.32 Å². The minimum atomic E-state index is 0.280. The molecule has 0 spiro atoms. The Balaban J connectivity index is 2.02. The molecule has 3 heterocycles. The normalized spacial score (nSPS) is 18.5. The number of anilines is 1. The molecule has 17 heavy (non-hydrogen) atoms. The maximum atomic E-state index is 4.55. The van der Waals surface area contributed by atoms with Gasteiger partial charge in [-0.3, -0.25) is 4.98 Å². The molecular formula is C12H15N5. The zero-order chi connectivity index (χ0) is 11.7. The molecule has 3 rings (SSSR count). The Hall–Kier alpha value is -1.91. The number of pyridine rings is 1. The number of rotatable bonds is 2. The lowest BCUT2D eigenvalue weighted by molar-refractivity contribution is 0.477. The van der Waals surface area contributed by atoms with Crippen LogP contribution in [0.1, 0.15) is 30.8 Å². The van der Waals surface area contributed by atoms with E-state index >= 15 is 0 Å². The van der Waals surface area contributed by atoms with E-state index in [9.17, 15) is 0 Å². The summed E-state index contributed by atoms with van der Waals surface area (Å²) < 4.78 is 2.00. The van der Waals surface area contributed by atoms with Gasteiger partial charge in [0.2, 0.25) is 5.95 Å². The van der Waals surface area contributed by atoms with E-state index in [0.717, 1.165) is 31.2 Å². The van der Waals surface area contributed by atoms with Crippen molar-refractivity contribution >= 4 is 5.95 Å². The van der Waals surface area contributed by atoms with Crippen molar-refractivity contribution < 1.29 is 0 Å². The van der Waals surface area contributed by atoms with Gasteiger partial charge in [0.25, 0.3) is 0 Å². The van der Waals surface area contributed by atoms with Crippen LogP contribution in [0.2, 0.25) is 0 Å². The molecular weight excluding hydrogens is 214 g/mol. The minimum absolute atomic E-state index is 0.280. The summed E-state index contributed by atoms with van der Waals surface area (Å²) in [4.78, 5) is 8.53. The lowest BCUT2D eigenvalue weighted by Gasteiger charge is -2.24. The van der Waals surface area contributed by atoms with Crippen molar-refractivity contribution in [2.24, 2.45) is 0 Å². The summed E-state index contributed by atoms with van der Waals surface area (Å²) >= 11 is 0. The van der Waals surface area contributed by atoms with Crippen LogP contribution in [0.4, 0.5) is 5.95 Å². The van der Waals surface area contributed by atoms with Gasteiger partial charge >= 0.3 is 0 Å². The van der Waals surface area contributed by atoms with Crippen molar-refractivity contribution in [3.8, 4) is 0 Å². The quantitative estimate of drug-likeness (QED) is 0.850. The highest BCUT2D eigenvalue weighted by molar-refractivity contribution is 5.32. The standard InChI is InChI=1S/C12H15N5/c1-2-11-15-12-14-8-5-10(17(12)16-11)9-3-6-13-7-4-9/h3-4,6-7,10H,2,5,8H2,1H3,(H,14,15,16). The van der Waals surface area contributed by atoms with Gasteiger partial charge in [0.1, 0.15) is 0 Å². The Bertz CT molecular complexity index is 505. The first-order valence-corrected chi connectivity index (χ1v) is 5.97. The predicted molar refractivity (Wildman–Crippen MR) is 64.9 cm³/mol. The van der Waals surface area contributed by atoms with Gasteiger partial charge in [-0.1, -0.05) is 6.92 Å². The summed E-state index contributed by atoms with van der Waals surface area (Å²) in [5, 5.41) is 7.84. The minimum Gasteiger partial charge on any atom is -0.354 e. The van der Waals surface area contributed by atoms with E-state index in [4.69, 9.17) is 0 Å². The molecule has 2 aromatic rings. The summed E-state index contributed by atoms with van der Waals surface area (Å²) in [5.41, 5.74) is 1.25. The first kappa shape index (κ1) is 10.3. The topological polar surface area (TPSA) is 55.6 Å². The Morgan fingerprint density at radius 2 is 2.24 bits per heavy atom. The van der Waals surface area contributed by atoms with Crippen molar-refractivity contribution in [1.29, 1.82) is 0 Å². The lowest BCUT2D eigenvalue weighted by atomic mass is 10.0. The van der Waals surface area contributed by atoms with E-state index in [-0.39, 0.29) is 6.04 Å². The maximum absolute atomic E-state index is 4.55. The van der Waals surface area contributed by atoms with Crippen LogP contribution in [-0.2, 0) is 6.42 Å². The van der Waals surface area contributed by atoms with E-state index in [1.165, 1.54) is 5.56 Å². The molecule has 0 radical (unpaired) electrons. The number of hydrogen-bond donors (Lipinski definition) is 1.